The molecular formula is C12H22N2O2. The van der Waals surface area contributed by atoms with Crippen LogP contribution in [0, 0.1) is 5.92 Å². The third-order valence-electron chi connectivity index (χ3n) is 3.16. The topological polar surface area (TPSA) is 49.4 Å². The van der Waals surface area contributed by atoms with Gasteiger partial charge in [0, 0.05) is 12.6 Å². The quantitative estimate of drug-likeness (QED) is 0.716. The molecule has 0 aromatic carbocycles. The maximum atomic E-state index is 11.9. The van der Waals surface area contributed by atoms with Crippen molar-refractivity contribution in [2.24, 2.45) is 5.92 Å². The van der Waals surface area contributed by atoms with Gasteiger partial charge in [0.1, 0.15) is 0 Å². The van der Waals surface area contributed by atoms with Crippen LogP contribution in [0.2, 0.25) is 0 Å². The van der Waals surface area contributed by atoms with Crippen molar-refractivity contribution >= 4 is 11.8 Å². The molecule has 2 unspecified atom stereocenters. The van der Waals surface area contributed by atoms with Crippen LogP contribution in [-0.4, -0.2) is 35.3 Å². The Morgan fingerprint density at radius 1 is 1.38 bits per heavy atom. The number of carbonyl (C=O) groups excluding carboxylic acids is 2. The summed E-state index contributed by atoms with van der Waals surface area (Å²) in [7, 11) is 0. The van der Waals surface area contributed by atoms with Crippen LogP contribution < -0.4 is 5.32 Å². The Labute approximate surface area is 97.4 Å². The molecule has 0 aromatic heterocycles. The van der Waals surface area contributed by atoms with Gasteiger partial charge in [0.25, 0.3) is 0 Å². The average molecular weight is 226 g/mol. The van der Waals surface area contributed by atoms with E-state index in [0.717, 1.165) is 6.42 Å². The Bertz CT molecular complexity index is 276. The van der Waals surface area contributed by atoms with Gasteiger partial charge < -0.3 is 5.32 Å². The number of nitrogens with one attached hydrogen (secondary N) is 1. The van der Waals surface area contributed by atoms with Gasteiger partial charge in [-0.1, -0.05) is 20.8 Å². The molecule has 92 valence electrons. The lowest BCUT2D eigenvalue weighted by Gasteiger charge is -2.21. The van der Waals surface area contributed by atoms with Crippen molar-refractivity contribution in [3.63, 3.8) is 0 Å². The summed E-state index contributed by atoms with van der Waals surface area (Å²) in [5, 5.41) is 3.23. The molecule has 2 amide bonds. The summed E-state index contributed by atoms with van der Waals surface area (Å²) in [4.78, 5) is 24.9. The van der Waals surface area contributed by atoms with E-state index in [1.54, 1.807) is 0 Å². The average Bonchev–Trinajstić information content (AvgIpc) is 2.46. The van der Waals surface area contributed by atoms with Crippen LogP contribution in [0.3, 0.4) is 0 Å². The van der Waals surface area contributed by atoms with E-state index in [2.05, 4.69) is 19.2 Å². The maximum absolute atomic E-state index is 11.9. The summed E-state index contributed by atoms with van der Waals surface area (Å²) in [5.74, 6) is 0.364. The monoisotopic (exact) mass is 226 g/mol. The van der Waals surface area contributed by atoms with Crippen LogP contribution >= 0.6 is 0 Å². The number of amides is 2. The molecule has 0 saturated carbocycles. The van der Waals surface area contributed by atoms with E-state index in [9.17, 15) is 9.59 Å². The first-order valence-electron chi connectivity index (χ1n) is 6.07. The molecule has 1 heterocycles. The van der Waals surface area contributed by atoms with E-state index < -0.39 is 0 Å². The number of imide groups is 1. The number of hydrogen-bond acceptors (Lipinski definition) is 3. The lowest BCUT2D eigenvalue weighted by molar-refractivity contribution is -0.138. The van der Waals surface area contributed by atoms with E-state index in [-0.39, 0.29) is 23.9 Å². The van der Waals surface area contributed by atoms with Crippen LogP contribution in [0.15, 0.2) is 0 Å². The van der Waals surface area contributed by atoms with Crippen molar-refractivity contribution in [1.29, 1.82) is 0 Å². The highest BCUT2D eigenvalue weighted by Gasteiger charge is 2.38. The van der Waals surface area contributed by atoms with Gasteiger partial charge in [-0.15, -0.1) is 0 Å². The second kappa shape index (κ2) is 5.43. The number of hydrogen-bond donors (Lipinski definition) is 1. The van der Waals surface area contributed by atoms with E-state index in [4.69, 9.17) is 0 Å². The zero-order chi connectivity index (χ0) is 12.3. The molecule has 0 spiro atoms. The van der Waals surface area contributed by atoms with E-state index >= 15 is 0 Å². The molecule has 1 N–H and O–H groups in total. The summed E-state index contributed by atoms with van der Waals surface area (Å²) >= 11 is 0. The molecule has 1 fully saturated rings. The van der Waals surface area contributed by atoms with Gasteiger partial charge in [0.2, 0.25) is 11.8 Å². The molecule has 2 atom stereocenters. The molecule has 16 heavy (non-hydrogen) atoms. The highest BCUT2D eigenvalue weighted by molar-refractivity contribution is 6.05. The van der Waals surface area contributed by atoms with Gasteiger partial charge in [-0.05, 0) is 19.3 Å². The molecule has 4 heteroatoms. The fourth-order valence-corrected chi connectivity index (χ4v) is 1.78. The van der Waals surface area contributed by atoms with E-state index in [1.807, 2.05) is 13.8 Å². The second-order valence-corrected chi connectivity index (χ2v) is 4.84. The van der Waals surface area contributed by atoms with Crippen molar-refractivity contribution in [3.05, 3.63) is 0 Å². The second-order valence-electron chi connectivity index (χ2n) is 4.84. The van der Waals surface area contributed by atoms with Crippen molar-refractivity contribution in [3.8, 4) is 0 Å². The molecule has 0 aliphatic carbocycles. The normalized spacial score (nSPS) is 23.3. The minimum absolute atomic E-state index is 0.0414. The van der Waals surface area contributed by atoms with E-state index in [0.29, 0.717) is 18.9 Å². The van der Waals surface area contributed by atoms with Crippen molar-refractivity contribution in [2.75, 3.05) is 6.54 Å². The molecular weight excluding hydrogens is 204 g/mol. The summed E-state index contributed by atoms with van der Waals surface area (Å²) < 4.78 is 0. The summed E-state index contributed by atoms with van der Waals surface area (Å²) in [6.07, 6.45) is 1.14. The standard InChI is InChI=1S/C12H22N2O2/c1-5-6-14-11(15)7-10(12(14)16)13-9(4)8(2)3/h8-10,13H,5-7H2,1-4H3. The van der Waals surface area contributed by atoms with Gasteiger partial charge in [-0.2, -0.15) is 0 Å². The summed E-state index contributed by atoms with van der Waals surface area (Å²) in [5.41, 5.74) is 0. The zero-order valence-corrected chi connectivity index (χ0v) is 10.6. The highest BCUT2D eigenvalue weighted by atomic mass is 16.2. The van der Waals surface area contributed by atoms with Crippen molar-refractivity contribution in [2.45, 2.75) is 52.6 Å². The van der Waals surface area contributed by atoms with Crippen molar-refractivity contribution in [1.82, 2.24) is 10.2 Å². The molecule has 1 aliphatic rings. The largest absolute Gasteiger partial charge is 0.303 e. The zero-order valence-electron chi connectivity index (χ0n) is 10.6. The lowest BCUT2D eigenvalue weighted by atomic mass is 10.1. The molecule has 1 rings (SSSR count). The van der Waals surface area contributed by atoms with Gasteiger partial charge in [0.15, 0.2) is 0 Å². The third kappa shape index (κ3) is 2.82. The molecule has 0 aromatic rings. The molecule has 4 nitrogen and oxygen atoms in total. The van der Waals surface area contributed by atoms with Gasteiger partial charge in [-0.3, -0.25) is 14.5 Å². The minimum Gasteiger partial charge on any atom is -0.303 e. The van der Waals surface area contributed by atoms with Crippen LogP contribution in [-0.2, 0) is 9.59 Å². The summed E-state index contributed by atoms with van der Waals surface area (Å²) in [6, 6.07) is -0.0558. The first-order valence-corrected chi connectivity index (χ1v) is 6.07. The molecule has 1 aliphatic heterocycles. The van der Waals surface area contributed by atoms with E-state index in [1.165, 1.54) is 4.90 Å². The predicted molar refractivity (Wildman–Crippen MR) is 62.9 cm³/mol. The fourth-order valence-electron chi connectivity index (χ4n) is 1.78. The van der Waals surface area contributed by atoms with Crippen LogP contribution in [0.25, 0.3) is 0 Å². The third-order valence-corrected chi connectivity index (χ3v) is 3.16. The Morgan fingerprint density at radius 3 is 2.50 bits per heavy atom. The molecule has 1 saturated heterocycles. The van der Waals surface area contributed by atoms with Crippen LogP contribution in [0.4, 0.5) is 0 Å². The first-order chi connectivity index (χ1) is 7.47. The van der Waals surface area contributed by atoms with Crippen LogP contribution in [0.5, 0.6) is 0 Å². The maximum Gasteiger partial charge on any atom is 0.246 e. The smallest absolute Gasteiger partial charge is 0.246 e. The SMILES string of the molecule is CCCN1C(=O)CC(NC(C)C(C)C)C1=O. The Balaban J connectivity index is 2.58. The molecule has 0 radical (unpaired) electrons. The summed E-state index contributed by atoms with van der Waals surface area (Å²) in [6.45, 7) is 8.76. The van der Waals surface area contributed by atoms with Crippen molar-refractivity contribution < 1.29 is 9.59 Å². The Morgan fingerprint density at radius 2 is 2.00 bits per heavy atom. The first kappa shape index (κ1) is 13.2. The predicted octanol–water partition coefficient (Wildman–Crippen LogP) is 1.16. The number of rotatable bonds is 5. The minimum atomic E-state index is -0.309. The lowest BCUT2D eigenvalue weighted by Crippen LogP contribution is -2.44. The number of carbonyl (C=O) groups is 2. The number of nitrogens with zero attached hydrogens (tertiary/aromatic N) is 1. The fraction of sp³-hybridized carbons (Fsp3) is 0.833. The van der Waals surface area contributed by atoms with Gasteiger partial charge >= 0.3 is 0 Å². The number of likely N-dealkylation sites (tertiary alicyclic amines) is 1. The highest BCUT2D eigenvalue weighted by Crippen LogP contribution is 2.15. The van der Waals surface area contributed by atoms with Gasteiger partial charge in [0.05, 0.1) is 12.5 Å². The Hall–Kier alpha value is -0.900. The molecule has 0 bridgehead atoms. The van der Waals surface area contributed by atoms with Gasteiger partial charge in [-0.25, -0.2) is 0 Å². The Kier molecular flexibility index (Phi) is 4.47. The van der Waals surface area contributed by atoms with Crippen LogP contribution in [0.1, 0.15) is 40.5 Å².